The molecule has 0 fully saturated rings. The molecule has 0 amide bonds. The number of nitrogens with zero attached hydrogens (tertiary/aromatic N) is 3. The van der Waals surface area contributed by atoms with Crippen molar-refractivity contribution in [3.05, 3.63) is 102 Å². The van der Waals surface area contributed by atoms with Crippen molar-refractivity contribution in [2.45, 2.75) is 18.7 Å². The van der Waals surface area contributed by atoms with Crippen molar-refractivity contribution < 1.29 is 9.53 Å². The molecule has 0 atom stereocenters. The number of rotatable bonds is 8. The molecule has 0 spiro atoms. The van der Waals surface area contributed by atoms with Crippen LogP contribution in [0.3, 0.4) is 0 Å². The van der Waals surface area contributed by atoms with Gasteiger partial charge in [0.15, 0.2) is 16.8 Å². The molecule has 0 aliphatic rings. The van der Waals surface area contributed by atoms with Gasteiger partial charge in [-0.1, -0.05) is 78.0 Å². The van der Waals surface area contributed by atoms with Crippen LogP contribution in [0.5, 0.6) is 5.75 Å². The third-order valence-corrected chi connectivity index (χ3v) is 5.46. The Hall–Kier alpha value is -3.38. The lowest BCUT2D eigenvalue weighted by molar-refractivity contribution is 0.102. The van der Waals surface area contributed by atoms with E-state index in [0.717, 1.165) is 17.0 Å². The Kier molecular flexibility index (Phi) is 6.25. The van der Waals surface area contributed by atoms with Gasteiger partial charge in [-0.05, 0) is 31.2 Å². The minimum Gasteiger partial charge on any atom is -0.486 e. The van der Waals surface area contributed by atoms with Crippen LogP contribution in [-0.2, 0) is 6.61 Å². The van der Waals surface area contributed by atoms with Crippen molar-refractivity contribution in [3.8, 4) is 11.4 Å². The molecule has 5 nitrogen and oxygen atoms in total. The number of thioether (sulfide) groups is 1. The average molecular weight is 416 g/mol. The fourth-order valence-corrected chi connectivity index (χ4v) is 3.81. The number of Topliss-reactive ketones (excluding diaryl/α,β-unsaturated/α-hetero) is 1. The number of para-hydroxylation sites is 2. The van der Waals surface area contributed by atoms with Gasteiger partial charge in [-0.3, -0.25) is 9.36 Å². The number of ether oxygens (including phenoxy) is 1. The normalized spacial score (nSPS) is 10.7. The molecule has 1 aromatic heterocycles. The second-order valence-electron chi connectivity index (χ2n) is 6.75. The van der Waals surface area contributed by atoms with E-state index in [1.165, 1.54) is 11.8 Å². The van der Waals surface area contributed by atoms with Crippen molar-refractivity contribution in [3.63, 3.8) is 0 Å². The van der Waals surface area contributed by atoms with E-state index < -0.39 is 0 Å². The zero-order chi connectivity index (χ0) is 20.8. The number of aromatic nitrogens is 3. The molecule has 0 bridgehead atoms. The van der Waals surface area contributed by atoms with Crippen molar-refractivity contribution in [1.29, 1.82) is 0 Å². The van der Waals surface area contributed by atoms with Crippen molar-refractivity contribution >= 4 is 17.5 Å². The van der Waals surface area contributed by atoms with Gasteiger partial charge in [0.2, 0.25) is 0 Å². The zero-order valence-electron chi connectivity index (χ0n) is 16.6. The van der Waals surface area contributed by atoms with Crippen LogP contribution in [0.2, 0.25) is 0 Å². The van der Waals surface area contributed by atoms with E-state index in [1.807, 2.05) is 96.4 Å². The first kappa shape index (κ1) is 19.9. The monoisotopic (exact) mass is 415 g/mol. The SMILES string of the molecule is Cc1ccc(C(=O)CSc2nnc(COc3ccccc3)n2-c2ccccc2)cc1. The topological polar surface area (TPSA) is 57.0 Å². The van der Waals surface area contributed by atoms with Gasteiger partial charge >= 0.3 is 0 Å². The van der Waals surface area contributed by atoms with Crippen LogP contribution in [0.25, 0.3) is 5.69 Å². The Morgan fingerprint density at radius 1 is 0.900 bits per heavy atom. The summed E-state index contributed by atoms with van der Waals surface area (Å²) >= 11 is 1.38. The Morgan fingerprint density at radius 2 is 1.57 bits per heavy atom. The standard InChI is InChI=1S/C24H21N3O2S/c1-18-12-14-19(15-13-18)22(28)17-30-24-26-25-23(16-29-21-10-6-3-7-11-21)27(24)20-8-4-2-5-9-20/h2-15H,16-17H2,1H3. The predicted molar refractivity (Wildman–Crippen MR) is 118 cm³/mol. The summed E-state index contributed by atoms with van der Waals surface area (Å²) in [7, 11) is 0. The van der Waals surface area contributed by atoms with E-state index in [1.54, 1.807) is 0 Å². The quantitative estimate of drug-likeness (QED) is 0.295. The zero-order valence-corrected chi connectivity index (χ0v) is 17.4. The summed E-state index contributed by atoms with van der Waals surface area (Å²) in [4.78, 5) is 12.6. The summed E-state index contributed by atoms with van der Waals surface area (Å²) in [6, 6.07) is 27.1. The minimum absolute atomic E-state index is 0.0599. The Labute approximate surface area is 179 Å². The first-order valence-corrected chi connectivity index (χ1v) is 10.6. The number of hydrogen-bond donors (Lipinski definition) is 0. The maximum atomic E-state index is 12.6. The Morgan fingerprint density at radius 3 is 2.27 bits per heavy atom. The van der Waals surface area contributed by atoms with Crippen LogP contribution in [0.4, 0.5) is 0 Å². The first-order chi connectivity index (χ1) is 14.7. The summed E-state index contributed by atoms with van der Waals surface area (Å²) < 4.78 is 7.81. The van der Waals surface area contributed by atoms with Crippen molar-refractivity contribution in [2.75, 3.05) is 5.75 Å². The van der Waals surface area contributed by atoms with Crippen molar-refractivity contribution in [1.82, 2.24) is 14.8 Å². The number of benzene rings is 3. The number of hydrogen-bond acceptors (Lipinski definition) is 5. The third-order valence-electron chi connectivity index (χ3n) is 4.53. The molecular weight excluding hydrogens is 394 g/mol. The highest BCUT2D eigenvalue weighted by molar-refractivity contribution is 7.99. The second kappa shape index (κ2) is 9.41. The fraction of sp³-hybridized carbons (Fsp3) is 0.125. The summed E-state index contributed by atoms with van der Waals surface area (Å²) in [6.07, 6.45) is 0. The molecule has 0 saturated carbocycles. The van der Waals surface area contributed by atoms with Gasteiger partial charge in [-0.25, -0.2) is 0 Å². The lowest BCUT2D eigenvalue weighted by Gasteiger charge is -2.11. The van der Waals surface area contributed by atoms with E-state index in [0.29, 0.717) is 16.5 Å². The molecule has 150 valence electrons. The van der Waals surface area contributed by atoms with E-state index in [9.17, 15) is 4.79 Å². The molecule has 3 aromatic carbocycles. The maximum Gasteiger partial charge on any atom is 0.196 e. The van der Waals surface area contributed by atoms with Gasteiger partial charge in [0.25, 0.3) is 0 Å². The van der Waals surface area contributed by atoms with Gasteiger partial charge in [-0.15, -0.1) is 10.2 Å². The molecule has 0 aliphatic heterocycles. The van der Waals surface area contributed by atoms with E-state index in [2.05, 4.69) is 10.2 Å². The van der Waals surface area contributed by atoms with Crippen LogP contribution in [-0.4, -0.2) is 26.3 Å². The van der Waals surface area contributed by atoms with Gasteiger partial charge in [-0.2, -0.15) is 0 Å². The molecule has 0 radical (unpaired) electrons. The highest BCUT2D eigenvalue weighted by atomic mass is 32.2. The molecule has 30 heavy (non-hydrogen) atoms. The Balaban J connectivity index is 1.54. The predicted octanol–water partition coefficient (Wildman–Crippen LogP) is 5.13. The first-order valence-electron chi connectivity index (χ1n) is 9.61. The second-order valence-corrected chi connectivity index (χ2v) is 7.69. The molecule has 4 aromatic rings. The van der Waals surface area contributed by atoms with Crippen LogP contribution >= 0.6 is 11.8 Å². The van der Waals surface area contributed by atoms with E-state index in [-0.39, 0.29) is 18.1 Å². The van der Waals surface area contributed by atoms with Gasteiger partial charge in [0, 0.05) is 11.3 Å². The highest BCUT2D eigenvalue weighted by Crippen LogP contribution is 2.24. The molecule has 6 heteroatoms. The van der Waals surface area contributed by atoms with Gasteiger partial charge < -0.3 is 4.74 Å². The molecular formula is C24H21N3O2S. The van der Waals surface area contributed by atoms with Crippen LogP contribution in [0.1, 0.15) is 21.7 Å². The van der Waals surface area contributed by atoms with Crippen LogP contribution in [0, 0.1) is 6.92 Å². The Bertz CT molecular complexity index is 1110. The van der Waals surface area contributed by atoms with Gasteiger partial charge in [0.05, 0.1) is 5.75 Å². The molecule has 0 saturated heterocycles. The van der Waals surface area contributed by atoms with E-state index in [4.69, 9.17) is 4.74 Å². The lowest BCUT2D eigenvalue weighted by Crippen LogP contribution is -2.08. The summed E-state index contributed by atoms with van der Waals surface area (Å²) in [5.74, 6) is 1.79. The molecule has 0 unspecified atom stereocenters. The average Bonchev–Trinajstić information content (AvgIpc) is 3.20. The van der Waals surface area contributed by atoms with Crippen LogP contribution in [0.15, 0.2) is 90.1 Å². The summed E-state index contributed by atoms with van der Waals surface area (Å²) in [5.41, 5.74) is 2.76. The summed E-state index contributed by atoms with van der Waals surface area (Å²) in [6.45, 7) is 2.28. The minimum atomic E-state index is 0.0599. The summed E-state index contributed by atoms with van der Waals surface area (Å²) in [5, 5.41) is 9.31. The fourth-order valence-electron chi connectivity index (χ4n) is 2.94. The van der Waals surface area contributed by atoms with Crippen molar-refractivity contribution in [2.24, 2.45) is 0 Å². The number of carbonyl (C=O) groups excluding carboxylic acids is 1. The van der Waals surface area contributed by atoms with Crippen LogP contribution < -0.4 is 4.74 Å². The smallest absolute Gasteiger partial charge is 0.196 e. The highest BCUT2D eigenvalue weighted by Gasteiger charge is 2.17. The molecule has 4 rings (SSSR count). The molecule has 1 heterocycles. The van der Waals surface area contributed by atoms with E-state index >= 15 is 0 Å². The maximum absolute atomic E-state index is 12.6. The number of aryl methyl sites for hydroxylation is 1. The third kappa shape index (κ3) is 4.78. The van der Waals surface area contributed by atoms with Gasteiger partial charge in [0.1, 0.15) is 12.4 Å². The molecule has 0 N–H and O–H groups in total. The molecule has 0 aliphatic carbocycles. The lowest BCUT2D eigenvalue weighted by atomic mass is 10.1. The largest absolute Gasteiger partial charge is 0.486 e. The number of ketones is 1. The number of carbonyl (C=O) groups is 1.